The normalized spacial score (nSPS) is 17.2. The predicted molar refractivity (Wildman–Crippen MR) is 136 cm³/mol. The SMILES string of the molecule is Cc1cccc(-c2c(C(=O)Nc3c(C)cccc3C)c(=O)cc(C)n2C2(Cl)C=CC=CC2)c1. The molecule has 1 atom stereocenters. The maximum atomic E-state index is 13.7. The van der Waals surface area contributed by atoms with Crippen LogP contribution in [0.25, 0.3) is 11.3 Å². The van der Waals surface area contributed by atoms with Gasteiger partial charge in [-0.1, -0.05) is 71.8 Å². The van der Waals surface area contributed by atoms with Gasteiger partial charge in [0.05, 0.1) is 5.69 Å². The summed E-state index contributed by atoms with van der Waals surface area (Å²) in [4.78, 5) is 26.0. The smallest absolute Gasteiger partial charge is 0.261 e. The summed E-state index contributed by atoms with van der Waals surface area (Å²) in [7, 11) is 0. The van der Waals surface area contributed by atoms with Crippen LogP contribution in [0.1, 0.15) is 39.2 Å². The Hall–Kier alpha value is -3.37. The number of hydrogen-bond acceptors (Lipinski definition) is 2. The molecule has 4 rings (SSSR count). The molecule has 5 heteroatoms. The lowest BCUT2D eigenvalue weighted by atomic mass is 9.98. The second kappa shape index (κ2) is 8.87. The minimum absolute atomic E-state index is 0.0804. The maximum absolute atomic E-state index is 13.7. The van der Waals surface area contributed by atoms with Gasteiger partial charge in [0.25, 0.3) is 5.91 Å². The molecule has 1 aromatic heterocycles. The topological polar surface area (TPSA) is 51.1 Å². The van der Waals surface area contributed by atoms with Crippen molar-refractivity contribution in [3.05, 3.63) is 111 Å². The molecule has 0 saturated carbocycles. The molecule has 3 aromatic rings. The highest BCUT2D eigenvalue weighted by Crippen LogP contribution is 2.38. The molecule has 1 unspecified atom stereocenters. The number of amides is 1. The van der Waals surface area contributed by atoms with Gasteiger partial charge in [-0.25, -0.2) is 0 Å². The fourth-order valence-electron chi connectivity index (χ4n) is 4.43. The van der Waals surface area contributed by atoms with Crippen LogP contribution in [0.3, 0.4) is 0 Å². The molecule has 0 fully saturated rings. The van der Waals surface area contributed by atoms with Gasteiger partial charge in [-0.3, -0.25) is 9.59 Å². The Bertz CT molecular complexity index is 1350. The zero-order chi connectivity index (χ0) is 23.8. The number of halogens is 1. The highest BCUT2D eigenvalue weighted by molar-refractivity contribution is 6.24. The van der Waals surface area contributed by atoms with Gasteiger partial charge in [0.2, 0.25) is 0 Å². The molecule has 1 heterocycles. The van der Waals surface area contributed by atoms with E-state index in [0.29, 0.717) is 23.5 Å². The van der Waals surface area contributed by atoms with Gasteiger partial charge < -0.3 is 9.88 Å². The van der Waals surface area contributed by atoms with Gasteiger partial charge in [0.15, 0.2) is 5.43 Å². The minimum atomic E-state index is -0.931. The van der Waals surface area contributed by atoms with E-state index in [-0.39, 0.29) is 11.0 Å². The number of rotatable bonds is 4. The number of aromatic nitrogens is 1. The number of carbonyl (C=O) groups is 1. The Morgan fingerprint density at radius 2 is 1.70 bits per heavy atom. The standard InChI is InChI=1S/C28H27ClN2O2/c1-18-10-8-13-22(16-18)26-24(27(33)30-25-19(2)11-9-12-20(25)3)23(32)17-21(4)31(26)28(29)14-6-5-7-15-28/h5-14,16-17H,15H2,1-4H3,(H,30,33). The Morgan fingerprint density at radius 1 is 1.00 bits per heavy atom. The molecule has 1 N–H and O–H groups in total. The Kier molecular flexibility index (Phi) is 6.13. The van der Waals surface area contributed by atoms with Crippen molar-refractivity contribution >= 4 is 23.2 Å². The van der Waals surface area contributed by atoms with Crippen molar-refractivity contribution in [2.45, 2.75) is 39.1 Å². The average Bonchev–Trinajstić information content (AvgIpc) is 2.76. The highest BCUT2D eigenvalue weighted by Gasteiger charge is 2.33. The lowest BCUT2D eigenvalue weighted by Gasteiger charge is -2.33. The average molecular weight is 459 g/mol. The zero-order valence-corrected chi connectivity index (χ0v) is 20.0. The number of pyridine rings is 1. The molecule has 1 aliphatic rings. The molecule has 168 valence electrons. The molecule has 2 aromatic carbocycles. The van der Waals surface area contributed by atoms with Crippen molar-refractivity contribution < 1.29 is 4.79 Å². The number of benzene rings is 2. The van der Waals surface area contributed by atoms with E-state index in [1.165, 1.54) is 6.07 Å². The van der Waals surface area contributed by atoms with Crippen LogP contribution in [-0.4, -0.2) is 10.5 Å². The number of nitrogens with one attached hydrogen (secondary N) is 1. The number of alkyl halides is 1. The molecule has 1 amide bonds. The van der Waals surface area contributed by atoms with Crippen molar-refractivity contribution in [1.82, 2.24) is 4.57 Å². The van der Waals surface area contributed by atoms with Crippen molar-refractivity contribution in [3.8, 4) is 11.3 Å². The van der Waals surface area contributed by atoms with E-state index in [2.05, 4.69) is 5.32 Å². The summed E-state index contributed by atoms with van der Waals surface area (Å²) in [6.45, 7) is 7.71. The molecule has 0 bridgehead atoms. The monoisotopic (exact) mass is 458 g/mol. The summed E-state index contributed by atoms with van der Waals surface area (Å²) in [6, 6.07) is 15.1. The lowest BCUT2D eigenvalue weighted by Crippen LogP contribution is -2.34. The van der Waals surface area contributed by atoms with Gasteiger partial charge in [-0.05, 0) is 56.5 Å². The van der Waals surface area contributed by atoms with Gasteiger partial charge in [0, 0.05) is 23.9 Å². The summed E-state index contributed by atoms with van der Waals surface area (Å²) in [5.41, 5.74) is 5.32. The Morgan fingerprint density at radius 3 is 2.33 bits per heavy atom. The Labute approximate surface area is 199 Å². The van der Waals surface area contributed by atoms with Crippen molar-refractivity contribution in [1.29, 1.82) is 0 Å². The van der Waals surface area contributed by atoms with Crippen LogP contribution in [0.15, 0.2) is 77.6 Å². The molecule has 4 nitrogen and oxygen atoms in total. The fraction of sp³-hybridized carbons (Fsp3) is 0.214. The maximum Gasteiger partial charge on any atom is 0.261 e. The molecular weight excluding hydrogens is 432 g/mol. The molecule has 0 spiro atoms. The van der Waals surface area contributed by atoms with E-state index < -0.39 is 10.9 Å². The quantitative estimate of drug-likeness (QED) is 0.459. The second-order valence-electron chi connectivity index (χ2n) is 8.61. The number of hydrogen-bond donors (Lipinski definition) is 1. The first-order valence-electron chi connectivity index (χ1n) is 11.0. The van der Waals surface area contributed by atoms with Crippen LogP contribution in [0.4, 0.5) is 5.69 Å². The van der Waals surface area contributed by atoms with E-state index in [9.17, 15) is 9.59 Å². The van der Waals surface area contributed by atoms with Crippen molar-refractivity contribution in [2.24, 2.45) is 0 Å². The molecule has 1 aliphatic carbocycles. The fourth-order valence-corrected chi connectivity index (χ4v) is 4.81. The predicted octanol–water partition coefficient (Wildman–Crippen LogP) is 6.41. The van der Waals surface area contributed by atoms with Gasteiger partial charge >= 0.3 is 0 Å². The molecule has 0 aliphatic heterocycles. The second-order valence-corrected chi connectivity index (χ2v) is 9.26. The Balaban J connectivity index is 2.00. The summed E-state index contributed by atoms with van der Waals surface area (Å²) in [5, 5.41) is 3.00. The van der Waals surface area contributed by atoms with Gasteiger partial charge in [-0.15, -0.1) is 0 Å². The number of anilines is 1. The van der Waals surface area contributed by atoms with Gasteiger partial charge in [0.1, 0.15) is 10.6 Å². The van der Waals surface area contributed by atoms with Crippen LogP contribution in [0.2, 0.25) is 0 Å². The number of carbonyl (C=O) groups excluding carboxylic acids is 1. The van der Waals surface area contributed by atoms with E-state index in [4.69, 9.17) is 11.6 Å². The van der Waals surface area contributed by atoms with Crippen molar-refractivity contribution in [3.63, 3.8) is 0 Å². The van der Waals surface area contributed by atoms with Crippen molar-refractivity contribution in [2.75, 3.05) is 5.32 Å². The first kappa shape index (κ1) is 22.8. The first-order chi connectivity index (χ1) is 15.7. The van der Waals surface area contributed by atoms with E-state index in [1.54, 1.807) is 0 Å². The van der Waals surface area contributed by atoms with Gasteiger partial charge in [-0.2, -0.15) is 0 Å². The van der Waals surface area contributed by atoms with Crippen LogP contribution in [0.5, 0.6) is 0 Å². The minimum Gasteiger partial charge on any atom is -0.321 e. The van der Waals surface area contributed by atoms with Crippen LogP contribution < -0.4 is 10.7 Å². The number of para-hydroxylation sites is 1. The molecule has 33 heavy (non-hydrogen) atoms. The van der Waals surface area contributed by atoms with Crippen LogP contribution in [0, 0.1) is 27.7 Å². The third-order valence-corrected chi connectivity index (χ3v) is 6.46. The molecular formula is C28H27ClN2O2. The third kappa shape index (κ3) is 4.31. The summed E-state index contributed by atoms with van der Waals surface area (Å²) < 4.78 is 1.91. The van der Waals surface area contributed by atoms with E-state index >= 15 is 0 Å². The van der Waals surface area contributed by atoms with E-state index in [1.807, 2.05) is 99.0 Å². The number of aryl methyl sites for hydroxylation is 4. The molecule has 0 saturated heterocycles. The highest BCUT2D eigenvalue weighted by atomic mass is 35.5. The van der Waals surface area contributed by atoms with E-state index in [0.717, 1.165) is 22.3 Å². The molecule has 0 radical (unpaired) electrons. The largest absolute Gasteiger partial charge is 0.321 e. The van der Waals surface area contributed by atoms with Crippen LogP contribution in [-0.2, 0) is 5.00 Å². The number of allylic oxidation sites excluding steroid dienone is 4. The summed E-state index contributed by atoms with van der Waals surface area (Å²) >= 11 is 7.13. The summed E-state index contributed by atoms with van der Waals surface area (Å²) in [5.74, 6) is -0.446. The van der Waals surface area contributed by atoms with Crippen LogP contribution >= 0.6 is 11.6 Å². The zero-order valence-electron chi connectivity index (χ0n) is 19.3. The lowest BCUT2D eigenvalue weighted by molar-refractivity contribution is 0.102. The third-order valence-electron chi connectivity index (χ3n) is 6.01. The number of nitrogens with zero attached hydrogens (tertiary/aromatic N) is 1. The summed E-state index contributed by atoms with van der Waals surface area (Å²) in [6.07, 6.45) is 8.26. The first-order valence-corrected chi connectivity index (χ1v) is 11.3.